The molecule has 0 spiro atoms. The number of hydrogen-bond donors (Lipinski definition) is 2. The number of rotatable bonds is 10. The molecule has 0 bridgehead atoms. The summed E-state index contributed by atoms with van der Waals surface area (Å²) in [4.78, 5) is 0. The van der Waals surface area contributed by atoms with Crippen LogP contribution < -0.4 is 0 Å². The lowest BCUT2D eigenvalue weighted by molar-refractivity contribution is -0.0298. The third-order valence-electron chi connectivity index (χ3n) is 3.45. The molecular formula is C12H28O4Si. The highest BCUT2D eigenvalue weighted by Gasteiger charge is 2.27. The SMILES string of the molecule is CCC(CO)(CO)COCCC[Si](C)(C)OC. The summed E-state index contributed by atoms with van der Waals surface area (Å²) in [5, 5.41) is 18.5. The Kier molecular flexibility index (Phi) is 8.24. The summed E-state index contributed by atoms with van der Waals surface area (Å²) in [6, 6.07) is 1.07. The molecule has 0 aromatic carbocycles. The Bertz CT molecular complexity index is 185. The predicted octanol–water partition coefficient (Wildman–Crippen LogP) is 1.63. The molecule has 0 saturated heterocycles. The number of aliphatic hydroxyl groups excluding tert-OH is 2. The van der Waals surface area contributed by atoms with E-state index in [9.17, 15) is 10.2 Å². The molecule has 0 saturated carbocycles. The molecule has 0 radical (unpaired) electrons. The fraction of sp³-hybridized carbons (Fsp3) is 1.00. The van der Waals surface area contributed by atoms with Gasteiger partial charge >= 0.3 is 0 Å². The van der Waals surface area contributed by atoms with Crippen LogP contribution in [-0.2, 0) is 9.16 Å². The van der Waals surface area contributed by atoms with Crippen molar-refractivity contribution in [1.29, 1.82) is 0 Å². The third-order valence-corrected chi connectivity index (χ3v) is 6.11. The molecule has 0 aromatic rings. The molecule has 0 aliphatic rings. The Morgan fingerprint density at radius 3 is 2.18 bits per heavy atom. The highest BCUT2D eigenvalue weighted by atomic mass is 28.4. The molecule has 5 heteroatoms. The zero-order valence-corrected chi connectivity index (χ0v) is 12.7. The Morgan fingerprint density at radius 2 is 1.76 bits per heavy atom. The summed E-state index contributed by atoms with van der Waals surface area (Å²) in [5.41, 5.74) is -0.478. The van der Waals surface area contributed by atoms with Gasteiger partial charge in [-0.05, 0) is 32.0 Å². The quantitative estimate of drug-likeness (QED) is 0.465. The minimum Gasteiger partial charge on any atom is -0.420 e. The van der Waals surface area contributed by atoms with Crippen LogP contribution in [0.3, 0.4) is 0 Å². The van der Waals surface area contributed by atoms with Crippen LogP contribution >= 0.6 is 0 Å². The van der Waals surface area contributed by atoms with Crippen molar-refractivity contribution in [1.82, 2.24) is 0 Å². The van der Waals surface area contributed by atoms with Crippen LogP contribution in [0.4, 0.5) is 0 Å². The fourth-order valence-electron chi connectivity index (χ4n) is 1.46. The van der Waals surface area contributed by atoms with E-state index in [0.717, 1.165) is 18.9 Å². The van der Waals surface area contributed by atoms with E-state index in [1.807, 2.05) is 6.92 Å². The van der Waals surface area contributed by atoms with Gasteiger partial charge in [0.1, 0.15) is 0 Å². The maximum atomic E-state index is 9.25. The van der Waals surface area contributed by atoms with Gasteiger partial charge in [-0.2, -0.15) is 0 Å². The molecular weight excluding hydrogens is 236 g/mol. The van der Waals surface area contributed by atoms with Crippen molar-refractivity contribution in [2.75, 3.05) is 33.5 Å². The number of hydrogen-bond acceptors (Lipinski definition) is 4. The second kappa shape index (κ2) is 8.21. The van der Waals surface area contributed by atoms with E-state index in [0.29, 0.717) is 13.2 Å². The van der Waals surface area contributed by atoms with E-state index < -0.39 is 13.7 Å². The molecule has 0 amide bonds. The smallest absolute Gasteiger partial charge is 0.186 e. The molecule has 0 rings (SSSR count). The zero-order chi connectivity index (χ0) is 13.4. The minimum atomic E-state index is -1.48. The van der Waals surface area contributed by atoms with Crippen LogP contribution in [0, 0.1) is 5.41 Å². The summed E-state index contributed by atoms with van der Waals surface area (Å²) in [6.07, 6.45) is 1.70. The summed E-state index contributed by atoms with van der Waals surface area (Å²) < 4.78 is 11.0. The van der Waals surface area contributed by atoms with Gasteiger partial charge in [-0.1, -0.05) is 6.92 Å². The molecule has 2 N–H and O–H groups in total. The van der Waals surface area contributed by atoms with Crippen molar-refractivity contribution < 1.29 is 19.4 Å². The topological polar surface area (TPSA) is 58.9 Å². The fourth-order valence-corrected chi connectivity index (χ4v) is 2.66. The maximum Gasteiger partial charge on any atom is 0.186 e. The zero-order valence-electron chi connectivity index (χ0n) is 11.7. The minimum absolute atomic E-state index is 0.0295. The third kappa shape index (κ3) is 6.52. The van der Waals surface area contributed by atoms with Crippen molar-refractivity contribution in [3.8, 4) is 0 Å². The lowest BCUT2D eigenvalue weighted by atomic mass is 9.88. The van der Waals surface area contributed by atoms with Gasteiger partial charge in [0.25, 0.3) is 0 Å². The van der Waals surface area contributed by atoms with Gasteiger partial charge in [-0.15, -0.1) is 0 Å². The van der Waals surface area contributed by atoms with Gasteiger partial charge in [0.05, 0.1) is 19.8 Å². The van der Waals surface area contributed by atoms with Gasteiger partial charge < -0.3 is 19.4 Å². The van der Waals surface area contributed by atoms with Gasteiger partial charge in [-0.25, -0.2) is 0 Å². The van der Waals surface area contributed by atoms with Crippen molar-refractivity contribution in [3.05, 3.63) is 0 Å². The van der Waals surface area contributed by atoms with E-state index in [4.69, 9.17) is 9.16 Å². The first kappa shape index (κ1) is 17.1. The standard InChI is InChI=1S/C12H28O4Si/c1-5-12(9-13,10-14)11-16-7-6-8-17(3,4)15-2/h13-14H,5-11H2,1-4H3. The Morgan fingerprint density at radius 1 is 1.18 bits per heavy atom. The Labute approximate surface area is 106 Å². The lowest BCUT2D eigenvalue weighted by Gasteiger charge is -2.28. The number of aliphatic hydroxyl groups is 2. The van der Waals surface area contributed by atoms with Crippen LogP contribution in [0.2, 0.25) is 19.1 Å². The van der Waals surface area contributed by atoms with Crippen LogP contribution in [-0.4, -0.2) is 52.1 Å². The van der Waals surface area contributed by atoms with E-state index in [1.54, 1.807) is 7.11 Å². The first-order valence-electron chi connectivity index (χ1n) is 6.30. The number of ether oxygens (including phenoxy) is 1. The van der Waals surface area contributed by atoms with Gasteiger partial charge in [-0.3, -0.25) is 0 Å². The Hall–Kier alpha value is 0.0569. The average molecular weight is 264 g/mol. The highest BCUT2D eigenvalue weighted by molar-refractivity contribution is 6.71. The largest absolute Gasteiger partial charge is 0.420 e. The van der Waals surface area contributed by atoms with Gasteiger partial charge in [0.15, 0.2) is 8.32 Å². The van der Waals surface area contributed by atoms with E-state index in [2.05, 4.69) is 13.1 Å². The predicted molar refractivity (Wildman–Crippen MR) is 71.6 cm³/mol. The average Bonchev–Trinajstić information content (AvgIpc) is 2.34. The second-order valence-corrected chi connectivity index (χ2v) is 9.72. The van der Waals surface area contributed by atoms with Gasteiger partial charge in [0, 0.05) is 19.1 Å². The van der Waals surface area contributed by atoms with Crippen LogP contribution in [0.5, 0.6) is 0 Å². The second-order valence-electron chi connectivity index (χ2n) is 5.29. The maximum absolute atomic E-state index is 9.25. The van der Waals surface area contributed by atoms with Crippen molar-refractivity contribution in [3.63, 3.8) is 0 Å². The molecule has 104 valence electrons. The summed E-state index contributed by atoms with van der Waals surface area (Å²) in [5.74, 6) is 0. The molecule has 0 unspecified atom stereocenters. The van der Waals surface area contributed by atoms with E-state index in [1.165, 1.54) is 0 Å². The molecule has 17 heavy (non-hydrogen) atoms. The van der Waals surface area contributed by atoms with Crippen LogP contribution in [0.1, 0.15) is 19.8 Å². The Balaban J connectivity index is 3.77. The van der Waals surface area contributed by atoms with Crippen LogP contribution in [0.25, 0.3) is 0 Å². The molecule has 0 aromatic heterocycles. The lowest BCUT2D eigenvalue weighted by Crippen LogP contribution is -2.34. The summed E-state index contributed by atoms with van der Waals surface area (Å²) >= 11 is 0. The first-order valence-corrected chi connectivity index (χ1v) is 9.41. The van der Waals surface area contributed by atoms with E-state index >= 15 is 0 Å². The van der Waals surface area contributed by atoms with Crippen molar-refractivity contribution >= 4 is 8.32 Å². The normalized spacial score (nSPS) is 13.1. The molecule has 0 aliphatic carbocycles. The molecule has 0 atom stereocenters. The molecule has 0 fully saturated rings. The monoisotopic (exact) mass is 264 g/mol. The summed E-state index contributed by atoms with van der Waals surface area (Å²) in [6.45, 7) is 7.36. The first-order chi connectivity index (χ1) is 7.95. The van der Waals surface area contributed by atoms with Crippen molar-refractivity contribution in [2.24, 2.45) is 5.41 Å². The summed E-state index contributed by atoms with van der Waals surface area (Å²) in [7, 11) is 0.294. The molecule has 0 aliphatic heterocycles. The van der Waals surface area contributed by atoms with E-state index in [-0.39, 0.29) is 13.2 Å². The molecule has 0 heterocycles. The highest BCUT2D eigenvalue weighted by Crippen LogP contribution is 2.21. The van der Waals surface area contributed by atoms with Crippen molar-refractivity contribution in [2.45, 2.75) is 38.9 Å². The van der Waals surface area contributed by atoms with Crippen LogP contribution in [0.15, 0.2) is 0 Å². The molecule has 4 nitrogen and oxygen atoms in total. The van der Waals surface area contributed by atoms with Gasteiger partial charge in [0.2, 0.25) is 0 Å².